The molecule has 0 radical (unpaired) electrons. The van der Waals surface area contributed by atoms with E-state index in [1.807, 2.05) is 11.7 Å². The van der Waals surface area contributed by atoms with Crippen LogP contribution in [0.1, 0.15) is 56.5 Å². The van der Waals surface area contributed by atoms with Crippen LogP contribution in [-0.2, 0) is 18.3 Å². The third-order valence-electron chi connectivity index (χ3n) is 6.04. The van der Waals surface area contributed by atoms with E-state index in [9.17, 15) is 4.79 Å². The van der Waals surface area contributed by atoms with E-state index in [-0.39, 0.29) is 41.8 Å². The molecule has 2 heterocycles. The number of nitrogens with zero attached hydrogens (tertiary/aromatic N) is 4. The van der Waals surface area contributed by atoms with Crippen molar-refractivity contribution in [1.29, 1.82) is 0 Å². The number of piperidine rings is 1. The fourth-order valence-corrected chi connectivity index (χ4v) is 4.10. The molecule has 1 aromatic rings. The van der Waals surface area contributed by atoms with Crippen LogP contribution in [0.25, 0.3) is 0 Å². The maximum Gasteiger partial charge on any atom is 0.220 e. The molecule has 1 atom stereocenters. The Bertz CT molecular complexity index is 711. The maximum atomic E-state index is 11.3. The van der Waals surface area contributed by atoms with Gasteiger partial charge in [-0.3, -0.25) is 14.5 Å². The van der Waals surface area contributed by atoms with Gasteiger partial charge in [0.2, 0.25) is 5.91 Å². The van der Waals surface area contributed by atoms with Crippen LogP contribution in [0, 0.1) is 19.8 Å². The summed E-state index contributed by atoms with van der Waals surface area (Å²) in [4.78, 5) is 18.5. The summed E-state index contributed by atoms with van der Waals surface area (Å²) in [6, 6.07) is 0.274. The standard InChI is InChI=1S/C22H41N7O.HI/c1-6-24-22(26-16(2)15-20-17(3)27-28(5)18(20)4)25-11-7-8-12-29-13-9-19(10-14-29)21(23)30;/h16,19H,6-15H2,1-5H3,(H2,23,30)(H2,24,25,26);1H. The largest absolute Gasteiger partial charge is 0.369 e. The summed E-state index contributed by atoms with van der Waals surface area (Å²) in [6.07, 6.45) is 4.90. The molecule has 1 fully saturated rings. The summed E-state index contributed by atoms with van der Waals surface area (Å²) in [7, 11) is 2.00. The number of aliphatic imine (C=N–C) groups is 1. The number of aryl methyl sites for hydroxylation is 2. The SMILES string of the molecule is CCNC(=NCCCCN1CCC(C(N)=O)CC1)NC(C)Cc1c(C)nn(C)c1C.I. The summed E-state index contributed by atoms with van der Waals surface area (Å²) in [5, 5.41) is 11.4. The van der Waals surface area contributed by atoms with Crippen LogP contribution in [0.2, 0.25) is 0 Å². The summed E-state index contributed by atoms with van der Waals surface area (Å²) in [5.74, 6) is 0.808. The molecule has 1 aliphatic heterocycles. The number of unbranched alkanes of at least 4 members (excludes halogenated alkanes) is 1. The van der Waals surface area contributed by atoms with Gasteiger partial charge in [-0.05, 0) is 85.0 Å². The first kappa shape index (κ1) is 27.7. The minimum absolute atomic E-state index is 0. The number of halogens is 1. The van der Waals surface area contributed by atoms with Gasteiger partial charge in [-0.1, -0.05) is 0 Å². The second-order valence-corrected chi connectivity index (χ2v) is 8.51. The van der Waals surface area contributed by atoms with Gasteiger partial charge in [0, 0.05) is 37.8 Å². The molecular weight excluding hydrogens is 505 g/mol. The van der Waals surface area contributed by atoms with E-state index < -0.39 is 0 Å². The van der Waals surface area contributed by atoms with Crippen LogP contribution in [0.15, 0.2) is 4.99 Å². The van der Waals surface area contributed by atoms with Gasteiger partial charge in [0.25, 0.3) is 0 Å². The molecule has 1 unspecified atom stereocenters. The van der Waals surface area contributed by atoms with E-state index in [4.69, 9.17) is 10.7 Å². The number of likely N-dealkylation sites (tertiary alicyclic amines) is 1. The molecular formula is C22H42IN7O. The zero-order valence-electron chi connectivity index (χ0n) is 19.9. The smallest absolute Gasteiger partial charge is 0.220 e. The lowest BCUT2D eigenvalue weighted by Crippen LogP contribution is -2.43. The summed E-state index contributed by atoms with van der Waals surface area (Å²) in [6.45, 7) is 13.2. The lowest BCUT2D eigenvalue weighted by atomic mass is 9.96. The van der Waals surface area contributed by atoms with Crippen molar-refractivity contribution >= 4 is 35.8 Å². The zero-order valence-corrected chi connectivity index (χ0v) is 22.2. The van der Waals surface area contributed by atoms with Gasteiger partial charge >= 0.3 is 0 Å². The molecule has 8 nitrogen and oxygen atoms in total. The van der Waals surface area contributed by atoms with Crippen LogP contribution >= 0.6 is 24.0 Å². The van der Waals surface area contributed by atoms with Gasteiger partial charge in [-0.15, -0.1) is 24.0 Å². The van der Waals surface area contributed by atoms with Gasteiger partial charge in [0.15, 0.2) is 5.96 Å². The van der Waals surface area contributed by atoms with Crippen molar-refractivity contribution in [2.45, 2.75) is 65.8 Å². The topological polar surface area (TPSA) is 101 Å². The molecule has 1 amide bonds. The Morgan fingerprint density at radius 3 is 2.52 bits per heavy atom. The molecule has 2 rings (SSSR count). The van der Waals surface area contributed by atoms with E-state index in [1.54, 1.807) is 0 Å². The Morgan fingerprint density at radius 1 is 1.29 bits per heavy atom. The van der Waals surface area contributed by atoms with Crippen LogP contribution in [-0.4, -0.2) is 65.3 Å². The third-order valence-corrected chi connectivity index (χ3v) is 6.04. The van der Waals surface area contributed by atoms with E-state index in [0.717, 1.165) is 76.5 Å². The molecule has 0 aliphatic carbocycles. The van der Waals surface area contributed by atoms with E-state index in [0.29, 0.717) is 0 Å². The highest BCUT2D eigenvalue weighted by Gasteiger charge is 2.22. The van der Waals surface area contributed by atoms with E-state index >= 15 is 0 Å². The number of hydrogen-bond acceptors (Lipinski definition) is 4. The molecule has 0 aromatic carbocycles. The fourth-order valence-electron chi connectivity index (χ4n) is 4.10. The molecule has 0 spiro atoms. The van der Waals surface area contributed by atoms with Gasteiger partial charge in [-0.2, -0.15) is 5.10 Å². The van der Waals surface area contributed by atoms with E-state index in [2.05, 4.69) is 48.3 Å². The number of amides is 1. The average Bonchev–Trinajstić information content (AvgIpc) is 2.94. The predicted molar refractivity (Wildman–Crippen MR) is 138 cm³/mol. The number of rotatable bonds is 10. The fraction of sp³-hybridized carbons (Fsp3) is 0.773. The molecule has 9 heteroatoms. The summed E-state index contributed by atoms with van der Waals surface area (Å²) in [5.41, 5.74) is 9.05. The zero-order chi connectivity index (χ0) is 22.1. The Hall–Kier alpha value is -1.36. The molecule has 1 aliphatic rings. The van der Waals surface area contributed by atoms with Crippen molar-refractivity contribution in [2.75, 3.05) is 32.7 Å². The highest BCUT2D eigenvalue weighted by Crippen LogP contribution is 2.17. The van der Waals surface area contributed by atoms with Gasteiger partial charge in [-0.25, -0.2) is 0 Å². The average molecular weight is 548 g/mol. The number of guanidine groups is 1. The van der Waals surface area contributed by atoms with Gasteiger partial charge < -0.3 is 21.3 Å². The Morgan fingerprint density at radius 2 is 1.97 bits per heavy atom. The molecule has 0 bridgehead atoms. The lowest BCUT2D eigenvalue weighted by Gasteiger charge is -2.30. The normalized spacial score (nSPS) is 16.6. The number of hydrogen-bond donors (Lipinski definition) is 3. The van der Waals surface area contributed by atoms with Crippen LogP contribution in [0.5, 0.6) is 0 Å². The van der Waals surface area contributed by atoms with Crippen LogP contribution < -0.4 is 16.4 Å². The summed E-state index contributed by atoms with van der Waals surface area (Å²) < 4.78 is 1.95. The highest BCUT2D eigenvalue weighted by atomic mass is 127. The van der Waals surface area contributed by atoms with Crippen molar-refractivity contribution in [2.24, 2.45) is 23.7 Å². The van der Waals surface area contributed by atoms with Gasteiger partial charge in [0.1, 0.15) is 0 Å². The lowest BCUT2D eigenvalue weighted by molar-refractivity contribution is -0.123. The van der Waals surface area contributed by atoms with Crippen molar-refractivity contribution < 1.29 is 4.79 Å². The number of carbonyl (C=O) groups is 1. The second-order valence-electron chi connectivity index (χ2n) is 8.51. The quantitative estimate of drug-likeness (QED) is 0.180. The highest BCUT2D eigenvalue weighted by molar-refractivity contribution is 14.0. The van der Waals surface area contributed by atoms with Crippen molar-refractivity contribution in [3.05, 3.63) is 17.0 Å². The maximum absolute atomic E-state index is 11.3. The first-order valence-corrected chi connectivity index (χ1v) is 11.4. The molecule has 31 heavy (non-hydrogen) atoms. The Balaban J connectivity index is 0.00000480. The number of nitrogens with one attached hydrogen (secondary N) is 2. The minimum Gasteiger partial charge on any atom is -0.369 e. The number of primary amides is 1. The van der Waals surface area contributed by atoms with Gasteiger partial charge in [0.05, 0.1) is 5.69 Å². The monoisotopic (exact) mass is 547 g/mol. The third kappa shape index (κ3) is 8.96. The molecule has 4 N–H and O–H groups in total. The Kier molecular flexibility index (Phi) is 12.4. The second kappa shape index (κ2) is 13.9. The van der Waals surface area contributed by atoms with Crippen molar-refractivity contribution in [1.82, 2.24) is 25.3 Å². The predicted octanol–water partition coefficient (Wildman–Crippen LogP) is 2.12. The summed E-state index contributed by atoms with van der Waals surface area (Å²) >= 11 is 0. The molecule has 1 saturated heterocycles. The minimum atomic E-state index is -0.143. The van der Waals surface area contributed by atoms with Crippen molar-refractivity contribution in [3.63, 3.8) is 0 Å². The number of aromatic nitrogens is 2. The number of nitrogens with two attached hydrogens (primary N) is 1. The number of carbonyl (C=O) groups excluding carboxylic acids is 1. The first-order chi connectivity index (χ1) is 14.3. The van der Waals surface area contributed by atoms with Crippen LogP contribution in [0.3, 0.4) is 0 Å². The molecule has 178 valence electrons. The van der Waals surface area contributed by atoms with E-state index in [1.165, 1.54) is 11.3 Å². The Labute approximate surface area is 204 Å². The molecule has 0 saturated carbocycles. The van der Waals surface area contributed by atoms with Crippen molar-refractivity contribution in [3.8, 4) is 0 Å². The first-order valence-electron chi connectivity index (χ1n) is 11.4. The molecule has 1 aromatic heterocycles. The van der Waals surface area contributed by atoms with Crippen LogP contribution in [0.4, 0.5) is 0 Å².